The quantitative estimate of drug-likeness (QED) is 0.480. The average Bonchev–Trinajstić information content (AvgIpc) is 3.40. The fourth-order valence-corrected chi connectivity index (χ4v) is 4.27. The highest BCUT2D eigenvalue weighted by molar-refractivity contribution is 7.22. The Balaban J connectivity index is 1.48. The summed E-state index contributed by atoms with van der Waals surface area (Å²) in [5.41, 5.74) is 1.92. The number of rotatable bonds is 5. The van der Waals surface area contributed by atoms with Crippen LogP contribution in [0.5, 0.6) is 11.5 Å². The van der Waals surface area contributed by atoms with Gasteiger partial charge in [-0.3, -0.25) is 14.7 Å². The van der Waals surface area contributed by atoms with E-state index in [1.54, 1.807) is 41.6 Å². The first-order valence-corrected chi connectivity index (χ1v) is 10.1. The number of anilines is 1. The molecule has 0 radical (unpaired) electrons. The predicted octanol–water partition coefficient (Wildman–Crippen LogP) is 4.34. The van der Waals surface area contributed by atoms with Crippen molar-refractivity contribution < 1.29 is 18.7 Å². The molecule has 0 N–H and O–H groups in total. The maximum absolute atomic E-state index is 14.2. The van der Waals surface area contributed by atoms with Crippen LogP contribution in [0.4, 0.5) is 9.52 Å². The minimum Gasteiger partial charge on any atom is -0.454 e. The zero-order valence-electron chi connectivity index (χ0n) is 15.7. The van der Waals surface area contributed by atoms with Crippen molar-refractivity contribution in [2.75, 3.05) is 11.7 Å². The minimum absolute atomic E-state index is 0.148. The number of carbonyl (C=O) groups excluding carboxylic acids is 1. The molecule has 0 atom stereocenters. The van der Waals surface area contributed by atoms with Gasteiger partial charge in [0.15, 0.2) is 16.6 Å². The molecule has 2 aromatic heterocycles. The molecule has 0 fully saturated rings. The van der Waals surface area contributed by atoms with Gasteiger partial charge >= 0.3 is 0 Å². The van der Waals surface area contributed by atoms with Gasteiger partial charge in [-0.2, -0.15) is 0 Å². The summed E-state index contributed by atoms with van der Waals surface area (Å²) in [6.45, 7) is 0.468. The lowest BCUT2D eigenvalue weighted by atomic mass is 10.1. The molecule has 6 nitrogen and oxygen atoms in total. The molecule has 30 heavy (non-hydrogen) atoms. The number of pyridine rings is 1. The molecular formula is C22H16FN3O3S. The fraction of sp³-hybridized carbons (Fsp3) is 0.136. The number of amides is 1. The van der Waals surface area contributed by atoms with Gasteiger partial charge in [-0.15, -0.1) is 0 Å². The standard InChI is InChI=1S/C22H16FN3O3S/c23-16-4-1-5-19-21(16)25-22(30-19)26(12-15-3-2-8-24-11-15)20(27)10-14-6-7-17-18(9-14)29-13-28-17/h1-9,11H,10,12-13H2. The summed E-state index contributed by atoms with van der Waals surface area (Å²) >= 11 is 1.29. The largest absolute Gasteiger partial charge is 0.454 e. The van der Waals surface area contributed by atoms with Crippen LogP contribution in [0, 0.1) is 5.82 Å². The monoisotopic (exact) mass is 421 g/mol. The van der Waals surface area contributed by atoms with E-state index in [0.29, 0.717) is 27.9 Å². The van der Waals surface area contributed by atoms with Crippen molar-refractivity contribution in [2.24, 2.45) is 0 Å². The van der Waals surface area contributed by atoms with Crippen LogP contribution >= 0.6 is 11.3 Å². The minimum atomic E-state index is -0.403. The zero-order valence-corrected chi connectivity index (χ0v) is 16.6. The van der Waals surface area contributed by atoms with Crippen LogP contribution in [0.3, 0.4) is 0 Å². The third-order valence-corrected chi connectivity index (χ3v) is 5.79. The van der Waals surface area contributed by atoms with Crippen molar-refractivity contribution in [1.82, 2.24) is 9.97 Å². The van der Waals surface area contributed by atoms with Gasteiger partial charge in [0, 0.05) is 12.4 Å². The fourth-order valence-electron chi connectivity index (χ4n) is 3.28. The van der Waals surface area contributed by atoms with Crippen LogP contribution in [-0.4, -0.2) is 22.7 Å². The Morgan fingerprint density at radius 2 is 2.00 bits per heavy atom. The van der Waals surface area contributed by atoms with Gasteiger partial charge in [-0.25, -0.2) is 9.37 Å². The van der Waals surface area contributed by atoms with Crippen molar-refractivity contribution >= 4 is 32.6 Å². The Morgan fingerprint density at radius 3 is 2.83 bits per heavy atom. The highest BCUT2D eigenvalue weighted by Gasteiger charge is 2.23. The Morgan fingerprint density at radius 1 is 1.10 bits per heavy atom. The number of thiazole rings is 1. The van der Waals surface area contributed by atoms with E-state index in [0.717, 1.165) is 11.1 Å². The van der Waals surface area contributed by atoms with Crippen molar-refractivity contribution in [3.05, 3.63) is 77.9 Å². The number of para-hydroxylation sites is 1. The molecule has 5 rings (SSSR count). The molecular weight excluding hydrogens is 405 g/mol. The van der Waals surface area contributed by atoms with Gasteiger partial charge in [0.05, 0.1) is 17.7 Å². The van der Waals surface area contributed by atoms with Crippen LogP contribution in [-0.2, 0) is 17.8 Å². The van der Waals surface area contributed by atoms with Gasteiger partial charge in [0.25, 0.3) is 0 Å². The number of hydrogen-bond donors (Lipinski definition) is 0. The highest BCUT2D eigenvalue weighted by Crippen LogP contribution is 2.34. The molecule has 1 aliphatic heterocycles. The number of fused-ring (bicyclic) bond motifs is 2. The summed E-state index contributed by atoms with van der Waals surface area (Å²) < 4.78 is 25.6. The van der Waals surface area contributed by atoms with Gasteiger partial charge in [0.2, 0.25) is 12.7 Å². The van der Waals surface area contributed by atoms with E-state index < -0.39 is 5.82 Å². The molecule has 1 aliphatic rings. The Hall–Kier alpha value is -3.52. The molecule has 0 bridgehead atoms. The maximum atomic E-state index is 14.2. The van der Waals surface area contributed by atoms with Crippen LogP contribution in [0.2, 0.25) is 0 Å². The van der Waals surface area contributed by atoms with Crippen LogP contribution < -0.4 is 14.4 Å². The number of carbonyl (C=O) groups is 1. The van der Waals surface area contributed by atoms with Crippen LogP contribution in [0.15, 0.2) is 60.9 Å². The van der Waals surface area contributed by atoms with Crippen molar-refractivity contribution in [3.8, 4) is 11.5 Å². The lowest BCUT2D eigenvalue weighted by molar-refractivity contribution is -0.118. The van der Waals surface area contributed by atoms with E-state index >= 15 is 0 Å². The second-order valence-corrected chi connectivity index (χ2v) is 7.80. The van der Waals surface area contributed by atoms with E-state index in [2.05, 4.69) is 9.97 Å². The Bertz CT molecular complexity index is 1230. The summed E-state index contributed by atoms with van der Waals surface area (Å²) in [4.78, 5) is 23.4. The number of ether oxygens (including phenoxy) is 2. The normalized spacial score (nSPS) is 12.3. The molecule has 1 amide bonds. The van der Waals surface area contributed by atoms with Gasteiger partial charge in [-0.05, 0) is 41.5 Å². The summed E-state index contributed by atoms with van der Waals surface area (Å²) in [7, 11) is 0. The number of benzene rings is 2. The van der Waals surface area contributed by atoms with E-state index in [4.69, 9.17) is 9.47 Å². The third-order valence-electron chi connectivity index (χ3n) is 4.75. The Kier molecular flexibility index (Phi) is 4.76. The first-order chi connectivity index (χ1) is 14.7. The lowest BCUT2D eigenvalue weighted by Crippen LogP contribution is -2.31. The molecule has 0 unspecified atom stereocenters. The molecule has 2 aromatic carbocycles. The molecule has 0 saturated heterocycles. The van der Waals surface area contributed by atoms with Gasteiger partial charge < -0.3 is 9.47 Å². The highest BCUT2D eigenvalue weighted by atomic mass is 32.1. The smallest absolute Gasteiger partial charge is 0.233 e. The second kappa shape index (κ2) is 7.72. The lowest BCUT2D eigenvalue weighted by Gasteiger charge is -2.20. The first-order valence-electron chi connectivity index (χ1n) is 9.30. The number of halogens is 1. The van der Waals surface area contributed by atoms with Gasteiger partial charge in [-0.1, -0.05) is 29.5 Å². The van der Waals surface area contributed by atoms with E-state index in [9.17, 15) is 9.18 Å². The second-order valence-electron chi connectivity index (χ2n) is 6.79. The topological polar surface area (TPSA) is 64.6 Å². The van der Waals surface area contributed by atoms with Crippen molar-refractivity contribution in [3.63, 3.8) is 0 Å². The summed E-state index contributed by atoms with van der Waals surface area (Å²) in [6, 6.07) is 13.9. The SMILES string of the molecule is O=C(Cc1ccc2c(c1)OCO2)N(Cc1cccnc1)c1nc2c(F)cccc2s1. The summed E-state index contributed by atoms with van der Waals surface area (Å²) in [5, 5.41) is 0.449. The van der Waals surface area contributed by atoms with Crippen molar-refractivity contribution in [2.45, 2.75) is 13.0 Å². The predicted molar refractivity (Wildman–Crippen MR) is 111 cm³/mol. The van der Waals surface area contributed by atoms with Crippen LogP contribution in [0.1, 0.15) is 11.1 Å². The molecule has 150 valence electrons. The zero-order chi connectivity index (χ0) is 20.5. The average molecular weight is 421 g/mol. The summed E-state index contributed by atoms with van der Waals surface area (Å²) in [6.07, 6.45) is 3.53. The first kappa shape index (κ1) is 18.5. The molecule has 3 heterocycles. The van der Waals surface area contributed by atoms with Crippen molar-refractivity contribution in [1.29, 1.82) is 0 Å². The molecule has 0 aliphatic carbocycles. The maximum Gasteiger partial charge on any atom is 0.233 e. The number of aromatic nitrogens is 2. The molecule has 0 saturated carbocycles. The van der Waals surface area contributed by atoms with Gasteiger partial charge in [0.1, 0.15) is 11.3 Å². The molecule has 8 heteroatoms. The van der Waals surface area contributed by atoms with E-state index in [-0.39, 0.29) is 24.6 Å². The number of hydrogen-bond acceptors (Lipinski definition) is 6. The molecule has 4 aromatic rings. The summed E-state index contributed by atoms with van der Waals surface area (Å²) in [5.74, 6) is 0.734. The third kappa shape index (κ3) is 3.57. The van der Waals surface area contributed by atoms with E-state index in [1.165, 1.54) is 17.4 Å². The van der Waals surface area contributed by atoms with E-state index in [1.807, 2.05) is 18.2 Å². The Labute approximate surface area is 175 Å². The molecule has 0 spiro atoms. The number of nitrogens with zero attached hydrogens (tertiary/aromatic N) is 3. The van der Waals surface area contributed by atoms with Crippen LogP contribution in [0.25, 0.3) is 10.2 Å².